The minimum atomic E-state index is -3.61. The van der Waals surface area contributed by atoms with E-state index in [0.29, 0.717) is 11.4 Å². The zero-order valence-electron chi connectivity index (χ0n) is 13.5. The molecule has 0 aliphatic heterocycles. The molecule has 2 aromatic carbocycles. The van der Waals surface area contributed by atoms with Gasteiger partial charge in [0.1, 0.15) is 5.75 Å². The quantitative estimate of drug-likeness (QED) is 0.863. The standard InChI is InChI=1S/C18H21NO3S/c1-14(2)22-18-7-5-4-6-17(18)19-23(20,21)13-12-16-10-8-15(3)9-11-16/h4-14,19H,1-3H3. The molecule has 0 radical (unpaired) electrons. The van der Waals surface area contributed by atoms with Gasteiger partial charge in [-0.2, -0.15) is 0 Å². The van der Waals surface area contributed by atoms with E-state index in [9.17, 15) is 8.42 Å². The molecular formula is C18H21NO3S. The average Bonchev–Trinajstić information content (AvgIpc) is 2.48. The van der Waals surface area contributed by atoms with Crippen molar-refractivity contribution in [3.63, 3.8) is 0 Å². The summed E-state index contributed by atoms with van der Waals surface area (Å²) < 4.78 is 32.6. The van der Waals surface area contributed by atoms with Crippen molar-refractivity contribution in [1.29, 1.82) is 0 Å². The van der Waals surface area contributed by atoms with Gasteiger partial charge >= 0.3 is 0 Å². The van der Waals surface area contributed by atoms with Crippen LogP contribution in [-0.4, -0.2) is 14.5 Å². The largest absolute Gasteiger partial charge is 0.489 e. The molecule has 1 N–H and O–H groups in total. The highest BCUT2D eigenvalue weighted by Gasteiger charge is 2.11. The topological polar surface area (TPSA) is 55.4 Å². The van der Waals surface area contributed by atoms with Crippen LogP contribution in [0.4, 0.5) is 5.69 Å². The number of hydrogen-bond donors (Lipinski definition) is 1. The fourth-order valence-corrected chi connectivity index (χ4v) is 2.82. The fourth-order valence-electron chi connectivity index (χ4n) is 1.94. The summed E-state index contributed by atoms with van der Waals surface area (Å²) >= 11 is 0. The Kier molecular flexibility index (Phi) is 5.45. The van der Waals surface area contributed by atoms with E-state index in [1.54, 1.807) is 30.3 Å². The van der Waals surface area contributed by atoms with Gasteiger partial charge in [0.05, 0.1) is 17.2 Å². The molecule has 0 saturated heterocycles. The summed E-state index contributed by atoms with van der Waals surface area (Å²) in [4.78, 5) is 0. The Morgan fingerprint density at radius 2 is 1.70 bits per heavy atom. The molecule has 0 heterocycles. The molecule has 0 amide bonds. The van der Waals surface area contributed by atoms with Gasteiger partial charge in [-0.25, -0.2) is 8.42 Å². The van der Waals surface area contributed by atoms with E-state index in [-0.39, 0.29) is 6.10 Å². The van der Waals surface area contributed by atoms with Gasteiger partial charge in [0.15, 0.2) is 0 Å². The lowest BCUT2D eigenvalue weighted by atomic mass is 10.2. The van der Waals surface area contributed by atoms with Crippen molar-refractivity contribution in [2.45, 2.75) is 26.9 Å². The Labute approximate surface area is 137 Å². The molecule has 2 rings (SSSR count). The summed E-state index contributed by atoms with van der Waals surface area (Å²) in [6.45, 7) is 5.77. The van der Waals surface area contributed by atoms with E-state index in [2.05, 4.69) is 4.72 Å². The fraction of sp³-hybridized carbons (Fsp3) is 0.222. The van der Waals surface area contributed by atoms with Crippen LogP contribution in [0.3, 0.4) is 0 Å². The van der Waals surface area contributed by atoms with Gasteiger partial charge in [0.2, 0.25) is 0 Å². The highest BCUT2D eigenvalue weighted by Crippen LogP contribution is 2.26. The van der Waals surface area contributed by atoms with Crippen LogP contribution in [0.5, 0.6) is 5.75 Å². The van der Waals surface area contributed by atoms with Crippen LogP contribution in [0.2, 0.25) is 0 Å². The molecule has 0 aliphatic carbocycles. The average molecular weight is 331 g/mol. The third-order valence-corrected chi connectivity index (χ3v) is 4.02. The van der Waals surface area contributed by atoms with Gasteiger partial charge in [0, 0.05) is 0 Å². The Hall–Kier alpha value is -2.27. The maximum absolute atomic E-state index is 12.2. The van der Waals surface area contributed by atoms with Crippen LogP contribution in [0.1, 0.15) is 25.0 Å². The van der Waals surface area contributed by atoms with Gasteiger partial charge in [-0.15, -0.1) is 0 Å². The number of para-hydroxylation sites is 2. The van der Waals surface area contributed by atoms with Gasteiger partial charge < -0.3 is 4.74 Å². The first kappa shape index (κ1) is 17.1. The second-order valence-electron chi connectivity index (χ2n) is 5.52. The number of ether oxygens (including phenoxy) is 1. The number of hydrogen-bond acceptors (Lipinski definition) is 3. The molecule has 0 aromatic heterocycles. The van der Waals surface area contributed by atoms with Crippen molar-refractivity contribution in [3.8, 4) is 5.75 Å². The van der Waals surface area contributed by atoms with E-state index in [1.807, 2.05) is 45.0 Å². The highest BCUT2D eigenvalue weighted by molar-refractivity contribution is 7.95. The minimum absolute atomic E-state index is 0.0382. The van der Waals surface area contributed by atoms with Crippen LogP contribution >= 0.6 is 0 Å². The van der Waals surface area contributed by atoms with Crippen LogP contribution in [0.25, 0.3) is 6.08 Å². The molecule has 2 aromatic rings. The number of anilines is 1. The first-order valence-electron chi connectivity index (χ1n) is 7.39. The van der Waals surface area contributed by atoms with E-state index in [1.165, 1.54) is 0 Å². The second-order valence-corrected chi connectivity index (χ2v) is 7.09. The number of rotatable bonds is 6. The van der Waals surface area contributed by atoms with Crippen LogP contribution in [0.15, 0.2) is 53.9 Å². The third-order valence-electron chi connectivity index (χ3n) is 3.02. The molecule has 5 heteroatoms. The SMILES string of the molecule is Cc1ccc(C=CS(=O)(=O)Nc2ccccc2OC(C)C)cc1. The van der Waals surface area contributed by atoms with Gasteiger partial charge in [-0.3, -0.25) is 4.72 Å². The second kappa shape index (κ2) is 7.33. The zero-order chi connectivity index (χ0) is 16.9. The van der Waals surface area contributed by atoms with E-state index in [0.717, 1.165) is 16.5 Å². The molecule has 0 fully saturated rings. The molecule has 0 spiro atoms. The summed E-state index contributed by atoms with van der Waals surface area (Å²) in [6, 6.07) is 14.6. The summed E-state index contributed by atoms with van der Waals surface area (Å²) in [5, 5.41) is 1.16. The predicted molar refractivity (Wildman–Crippen MR) is 95.0 cm³/mol. The van der Waals surface area contributed by atoms with E-state index >= 15 is 0 Å². The number of aryl methyl sites for hydroxylation is 1. The van der Waals surface area contributed by atoms with E-state index < -0.39 is 10.0 Å². The summed E-state index contributed by atoms with van der Waals surface area (Å²) in [7, 11) is -3.61. The maximum Gasteiger partial charge on any atom is 0.255 e. The van der Waals surface area contributed by atoms with Crippen LogP contribution in [0, 0.1) is 6.92 Å². The van der Waals surface area contributed by atoms with Crippen molar-refractivity contribution in [1.82, 2.24) is 0 Å². The Morgan fingerprint density at radius 1 is 1.04 bits per heavy atom. The maximum atomic E-state index is 12.2. The summed E-state index contributed by atoms with van der Waals surface area (Å²) in [5.41, 5.74) is 2.38. The van der Waals surface area contributed by atoms with Crippen LogP contribution in [-0.2, 0) is 10.0 Å². The van der Waals surface area contributed by atoms with Crippen molar-refractivity contribution in [2.24, 2.45) is 0 Å². The van der Waals surface area contributed by atoms with E-state index in [4.69, 9.17) is 4.74 Å². The molecular weight excluding hydrogens is 310 g/mol. The smallest absolute Gasteiger partial charge is 0.255 e. The Bertz CT molecular complexity index is 778. The summed E-state index contributed by atoms with van der Waals surface area (Å²) in [5.74, 6) is 0.509. The van der Waals surface area contributed by atoms with Crippen molar-refractivity contribution >= 4 is 21.8 Å². The molecule has 122 valence electrons. The summed E-state index contributed by atoms with van der Waals surface area (Å²) in [6.07, 6.45) is 1.52. The zero-order valence-corrected chi connectivity index (χ0v) is 14.3. The van der Waals surface area contributed by atoms with Gasteiger partial charge in [0.25, 0.3) is 10.0 Å². The Balaban J connectivity index is 2.17. The van der Waals surface area contributed by atoms with Gasteiger partial charge in [-0.05, 0) is 44.5 Å². The molecule has 4 nitrogen and oxygen atoms in total. The van der Waals surface area contributed by atoms with Crippen molar-refractivity contribution in [3.05, 3.63) is 65.1 Å². The van der Waals surface area contributed by atoms with Crippen molar-refractivity contribution in [2.75, 3.05) is 4.72 Å². The first-order valence-corrected chi connectivity index (χ1v) is 8.93. The number of sulfonamides is 1. The molecule has 0 unspecified atom stereocenters. The highest BCUT2D eigenvalue weighted by atomic mass is 32.2. The monoisotopic (exact) mass is 331 g/mol. The molecule has 0 saturated carbocycles. The Morgan fingerprint density at radius 3 is 2.35 bits per heavy atom. The minimum Gasteiger partial charge on any atom is -0.489 e. The number of nitrogens with one attached hydrogen (secondary N) is 1. The lowest BCUT2D eigenvalue weighted by Crippen LogP contribution is -2.12. The lowest BCUT2D eigenvalue weighted by Gasteiger charge is -2.14. The normalized spacial score (nSPS) is 11.8. The van der Waals surface area contributed by atoms with Crippen molar-refractivity contribution < 1.29 is 13.2 Å². The van der Waals surface area contributed by atoms with Gasteiger partial charge in [-0.1, -0.05) is 42.0 Å². The number of benzene rings is 2. The first-order chi connectivity index (χ1) is 10.9. The molecule has 0 atom stereocenters. The molecule has 0 aliphatic rings. The lowest BCUT2D eigenvalue weighted by molar-refractivity contribution is 0.244. The van der Waals surface area contributed by atoms with Crippen LogP contribution < -0.4 is 9.46 Å². The molecule has 23 heavy (non-hydrogen) atoms. The predicted octanol–water partition coefficient (Wildman–Crippen LogP) is 4.19. The molecule has 0 bridgehead atoms. The third kappa shape index (κ3) is 5.45.